The van der Waals surface area contributed by atoms with Gasteiger partial charge in [-0.3, -0.25) is 4.79 Å². The van der Waals surface area contributed by atoms with Gasteiger partial charge in [-0.05, 0) is 50.9 Å². The quantitative estimate of drug-likeness (QED) is 0.158. The Balaban J connectivity index is 3.02. The summed E-state index contributed by atoms with van der Waals surface area (Å²) >= 11 is 0. The molecule has 6 heteroatoms. The predicted octanol–water partition coefficient (Wildman–Crippen LogP) is 7.98. The second-order valence-electron chi connectivity index (χ2n) is 9.57. The molecule has 0 aromatic carbocycles. The molecule has 37 heavy (non-hydrogen) atoms. The Labute approximate surface area is 225 Å². The van der Waals surface area contributed by atoms with Crippen molar-refractivity contribution in [1.82, 2.24) is 0 Å². The van der Waals surface area contributed by atoms with Gasteiger partial charge in [-0.25, -0.2) is 0 Å². The fraction of sp³-hybridized carbons (Fsp3) is 0.452. The third-order valence-electron chi connectivity index (χ3n) is 6.08. The summed E-state index contributed by atoms with van der Waals surface area (Å²) in [5.74, 6) is 0.316. The maximum Gasteiger partial charge on any atom is 0.327 e. The first-order valence-electron chi connectivity index (χ1n) is 13.0. The molecule has 1 aliphatic heterocycles. The van der Waals surface area contributed by atoms with E-state index in [1.807, 2.05) is 61.6 Å². The average Bonchev–Trinajstić information content (AvgIpc) is 2.82. The fourth-order valence-electron chi connectivity index (χ4n) is 3.91. The highest BCUT2D eigenvalue weighted by atomic mass is 31.2. The number of ether oxygens (including phenoxy) is 1. The van der Waals surface area contributed by atoms with Crippen molar-refractivity contribution in [2.45, 2.75) is 77.9 Å². The van der Waals surface area contributed by atoms with E-state index in [-0.39, 0.29) is 24.4 Å². The standard InChI is InChI=1S/C31H45O5P/c1-6-16-25(2)21-22-29-18-14-11-15-20-30(36-37(33)34)19-13-10-8-7-9-12-17-26(3)23-27(4)28(5)24-31(32)35-29/h6-12,14-17,20,26-27,29-30,33-34H,1,5,13,18-19,21-24H2,2-4H3. The SMILES string of the molecule is C=CC=C(C)CCC1CC=CC=CC(OP(O)O)CCC=CC=CC=CC(C)CC(C)C(=C)CC(=O)O1. The van der Waals surface area contributed by atoms with E-state index < -0.39 is 14.7 Å². The number of allylic oxidation sites excluding steroid dienone is 11. The Morgan fingerprint density at radius 2 is 1.84 bits per heavy atom. The average molecular weight is 529 g/mol. The lowest BCUT2D eigenvalue weighted by Crippen LogP contribution is -2.19. The van der Waals surface area contributed by atoms with Crippen LogP contribution in [0.1, 0.15) is 65.7 Å². The molecule has 0 fully saturated rings. The summed E-state index contributed by atoms with van der Waals surface area (Å²) in [6.07, 6.45) is 27.3. The summed E-state index contributed by atoms with van der Waals surface area (Å²) in [5, 5.41) is 0. The minimum atomic E-state index is -2.44. The van der Waals surface area contributed by atoms with Crippen LogP contribution in [0.15, 0.2) is 97.2 Å². The minimum Gasteiger partial charge on any atom is -0.462 e. The van der Waals surface area contributed by atoms with Gasteiger partial charge in [0.2, 0.25) is 0 Å². The molecule has 1 heterocycles. The first kappa shape index (κ1) is 32.7. The maximum absolute atomic E-state index is 12.8. The van der Waals surface area contributed by atoms with E-state index in [0.717, 1.165) is 24.8 Å². The van der Waals surface area contributed by atoms with Crippen molar-refractivity contribution in [2.75, 3.05) is 0 Å². The first-order chi connectivity index (χ1) is 17.7. The minimum absolute atomic E-state index is 0.212. The molecule has 0 aromatic heterocycles. The van der Waals surface area contributed by atoms with Crippen molar-refractivity contribution in [2.24, 2.45) is 11.8 Å². The normalized spacial score (nSPS) is 25.5. The summed E-state index contributed by atoms with van der Waals surface area (Å²) in [4.78, 5) is 31.3. The predicted molar refractivity (Wildman–Crippen MR) is 156 cm³/mol. The van der Waals surface area contributed by atoms with Crippen molar-refractivity contribution in [3.63, 3.8) is 0 Å². The van der Waals surface area contributed by atoms with Crippen LogP contribution in [-0.2, 0) is 14.1 Å². The van der Waals surface area contributed by atoms with Crippen molar-refractivity contribution in [1.29, 1.82) is 0 Å². The van der Waals surface area contributed by atoms with Crippen LogP contribution >= 0.6 is 8.60 Å². The Kier molecular flexibility index (Phi) is 17.5. The van der Waals surface area contributed by atoms with Crippen molar-refractivity contribution in [3.8, 4) is 0 Å². The van der Waals surface area contributed by atoms with Crippen LogP contribution in [0.2, 0.25) is 0 Å². The number of rotatable bonds is 6. The summed E-state index contributed by atoms with van der Waals surface area (Å²) in [6.45, 7) is 14.2. The monoisotopic (exact) mass is 528 g/mol. The number of carbonyl (C=O) groups is 1. The van der Waals surface area contributed by atoms with Gasteiger partial charge < -0.3 is 19.0 Å². The molecule has 204 valence electrons. The van der Waals surface area contributed by atoms with Crippen LogP contribution in [0.25, 0.3) is 0 Å². The second-order valence-corrected chi connectivity index (χ2v) is 10.3. The van der Waals surface area contributed by atoms with Crippen LogP contribution in [0.4, 0.5) is 0 Å². The molecule has 4 unspecified atom stereocenters. The smallest absolute Gasteiger partial charge is 0.327 e. The van der Waals surface area contributed by atoms with Gasteiger partial charge in [-0.1, -0.05) is 111 Å². The topological polar surface area (TPSA) is 76.0 Å². The van der Waals surface area contributed by atoms with E-state index in [9.17, 15) is 14.6 Å². The molecular formula is C31H45O5P. The molecule has 0 amide bonds. The molecule has 1 rings (SSSR count). The molecule has 0 spiro atoms. The number of esters is 1. The molecule has 0 saturated carbocycles. The van der Waals surface area contributed by atoms with E-state index in [0.29, 0.717) is 25.2 Å². The zero-order valence-corrected chi connectivity index (χ0v) is 23.6. The highest BCUT2D eigenvalue weighted by molar-refractivity contribution is 7.39. The molecular weight excluding hydrogens is 483 g/mol. The molecule has 5 nitrogen and oxygen atoms in total. The molecule has 4 atom stereocenters. The summed E-state index contributed by atoms with van der Waals surface area (Å²) in [6, 6.07) is 0. The van der Waals surface area contributed by atoms with E-state index in [4.69, 9.17) is 9.26 Å². The van der Waals surface area contributed by atoms with E-state index in [2.05, 4.69) is 33.1 Å². The van der Waals surface area contributed by atoms with E-state index in [1.165, 1.54) is 5.57 Å². The second kappa shape index (κ2) is 19.8. The number of hydrogen-bond donors (Lipinski definition) is 2. The number of hydrogen-bond acceptors (Lipinski definition) is 5. The number of cyclic esters (lactones) is 1. The number of carbonyl (C=O) groups excluding carboxylic acids is 1. The lowest BCUT2D eigenvalue weighted by atomic mass is 9.90. The van der Waals surface area contributed by atoms with Gasteiger partial charge in [0.05, 0.1) is 12.5 Å². The highest BCUT2D eigenvalue weighted by Crippen LogP contribution is 2.29. The van der Waals surface area contributed by atoms with Crippen molar-refractivity contribution in [3.05, 3.63) is 97.2 Å². The van der Waals surface area contributed by atoms with Crippen molar-refractivity contribution < 1.29 is 23.8 Å². The van der Waals surface area contributed by atoms with Gasteiger partial charge in [0.25, 0.3) is 0 Å². The van der Waals surface area contributed by atoms with Gasteiger partial charge in [0.15, 0.2) is 0 Å². The van der Waals surface area contributed by atoms with Crippen LogP contribution in [0, 0.1) is 11.8 Å². The fourth-order valence-corrected chi connectivity index (χ4v) is 4.33. The lowest BCUT2D eigenvalue weighted by molar-refractivity contribution is -0.148. The zero-order valence-electron chi connectivity index (χ0n) is 22.7. The highest BCUT2D eigenvalue weighted by Gasteiger charge is 2.18. The molecule has 0 bridgehead atoms. The van der Waals surface area contributed by atoms with E-state index >= 15 is 0 Å². The van der Waals surface area contributed by atoms with Gasteiger partial charge in [-0.2, -0.15) is 0 Å². The van der Waals surface area contributed by atoms with Crippen LogP contribution < -0.4 is 0 Å². The van der Waals surface area contributed by atoms with Gasteiger partial charge in [0, 0.05) is 6.42 Å². The molecule has 0 radical (unpaired) electrons. The van der Waals surface area contributed by atoms with Crippen LogP contribution in [0.5, 0.6) is 0 Å². The van der Waals surface area contributed by atoms with Crippen molar-refractivity contribution >= 4 is 14.6 Å². The molecule has 2 N–H and O–H groups in total. The summed E-state index contributed by atoms with van der Waals surface area (Å²) < 4.78 is 11.1. The van der Waals surface area contributed by atoms with Gasteiger partial charge in [-0.15, -0.1) is 0 Å². The largest absolute Gasteiger partial charge is 0.462 e. The third kappa shape index (κ3) is 16.9. The Morgan fingerprint density at radius 3 is 2.57 bits per heavy atom. The first-order valence-corrected chi connectivity index (χ1v) is 14.2. The lowest BCUT2D eigenvalue weighted by Gasteiger charge is -2.20. The maximum atomic E-state index is 12.8. The van der Waals surface area contributed by atoms with Crippen LogP contribution in [-0.4, -0.2) is 28.0 Å². The Morgan fingerprint density at radius 1 is 1.14 bits per heavy atom. The molecule has 0 aliphatic carbocycles. The summed E-state index contributed by atoms with van der Waals surface area (Å²) in [5.41, 5.74) is 2.08. The zero-order chi connectivity index (χ0) is 27.5. The molecule has 0 aromatic rings. The van der Waals surface area contributed by atoms with Crippen LogP contribution in [0.3, 0.4) is 0 Å². The van der Waals surface area contributed by atoms with E-state index in [1.54, 1.807) is 12.2 Å². The third-order valence-corrected chi connectivity index (χ3v) is 6.54. The Hall–Kier alpha value is -2.30. The van der Waals surface area contributed by atoms with Gasteiger partial charge >= 0.3 is 14.6 Å². The van der Waals surface area contributed by atoms with Gasteiger partial charge in [0.1, 0.15) is 6.10 Å². The molecule has 1 aliphatic rings. The summed E-state index contributed by atoms with van der Waals surface area (Å²) in [7, 11) is -2.44. The Bertz CT molecular complexity index is 878. The molecule has 0 saturated heterocycles.